The van der Waals surface area contributed by atoms with Crippen LogP contribution in [0, 0.1) is 0 Å². The van der Waals surface area contributed by atoms with E-state index in [9.17, 15) is 4.79 Å². The van der Waals surface area contributed by atoms with Gasteiger partial charge in [-0.05, 0) is 31.7 Å². The summed E-state index contributed by atoms with van der Waals surface area (Å²) in [6.07, 6.45) is 6.82. The highest BCUT2D eigenvalue weighted by Gasteiger charge is 2.38. The number of rotatable bonds is 3. The molecule has 1 saturated carbocycles. The summed E-state index contributed by atoms with van der Waals surface area (Å²) in [7, 11) is 0. The fourth-order valence-corrected chi connectivity index (χ4v) is 3.76. The van der Waals surface area contributed by atoms with Gasteiger partial charge in [-0.2, -0.15) is 0 Å². The summed E-state index contributed by atoms with van der Waals surface area (Å²) in [5.41, 5.74) is 2.00. The van der Waals surface area contributed by atoms with Crippen molar-refractivity contribution in [2.24, 2.45) is 0 Å². The van der Waals surface area contributed by atoms with Crippen LogP contribution in [0.1, 0.15) is 48.7 Å². The summed E-state index contributed by atoms with van der Waals surface area (Å²) in [5, 5.41) is 4.92. The van der Waals surface area contributed by atoms with E-state index in [0.717, 1.165) is 43.2 Å². The lowest BCUT2D eigenvalue weighted by molar-refractivity contribution is -0.0445. The number of carbonyl (C=O) groups is 1. The van der Waals surface area contributed by atoms with E-state index in [1.54, 1.807) is 6.20 Å². The molecule has 0 N–H and O–H groups in total. The molecule has 2 aromatic heterocycles. The van der Waals surface area contributed by atoms with Gasteiger partial charge in [-0.25, -0.2) is 4.98 Å². The van der Waals surface area contributed by atoms with E-state index in [1.165, 1.54) is 0 Å². The number of hydrogen-bond donors (Lipinski definition) is 0. The minimum absolute atomic E-state index is 0.0447. The number of morpholine rings is 1. The van der Waals surface area contributed by atoms with Crippen molar-refractivity contribution in [3.05, 3.63) is 23.5 Å². The van der Waals surface area contributed by atoms with Crippen LogP contribution in [-0.2, 0) is 11.2 Å². The third kappa shape index (κ3) is 2.51. The van der Waals surface area contributed by atoms with Crippen LogP contribution in [0.5, 0.6) is 0 Å². The maximum Gasteiger partial charge on any atom is 0.257 e. The molecule has 2 atom stereocenters. The van der Waals surface area contributed by atoms with Crippen molar-refractivity contribution in [1.29, 1.82) is 0 Å². The predicted octanol–water partition coefficient (Wildman–Crippen LogP) is 2.57. The lowest BCUT2D eigenvalue weighted by atomic mass is 10.1. The Labute approximate surface area is 134 Å². The molecule has 6 heteroatoms. The zero-order chi connectivity index (χ0) is 15.8. The molecule has 6 nitrogen and oxygen atoms in total. The third-order valence-electron chi connectivity index (χ3n) is 4.88. The molecule has 0 aromatic carbocycles. The van der Waals surface area contributed by atoms with Crippen LogP contribution >= 0.6 is 0 Å². The molecule has 2 fully saturated rings. The second kappa shape index (κ2) is 5.92. The Kier molecular flexibility index (Phi) is 3.77. The number of aryl methyl sites for hydroxylation is 1. The Morgan fingerprint density at radius 2 is 2.35 bits per heavy atom. The van der Waals surface area contributed by atoms with Gasteiger partial charge in [-0.1, -0.05) is 18.5 Å². The number of pyridine rings is 1. The van der Waals surface area contributed by atoms with E-state index in [-0.39, 0.29) is 18.1 Å². The molecule has 23 heavy (non-hydrogen) atoms. The molecule has 2 aliphatic rings. The van der Waals surface area contributed by atoms with E-state index in [0.29, 0.717) is 24.4 Å². The summed E-state index contributed by atoms with van der Waals surface area (Å²) in [6, 6.07) is 2.09. The first-order valence-corrected chi connectivity index (χ1v) is 8.45. The monoisotopic (exact) mass is 315 g/mol. The predicted molar refractivity (Wildman–Crippen MR) is 84.2 cm³/mol. The van der Waals surface area contributed by atoms with E-state index >= 15 is 0 Å². The number of nitrogens with zero attached hydrogens (tertiary/aromatic N) is 3. The molecule has 1 saturated heterocycles. The molecule has 0 bridgehead atoms. The standard InChI is InChI=1S/C17H21N3O3/c1-2-4-13-12-9-11(10-18-16(12)23-19-13)17(21)20-7-8-22-15-6-3-5-14(15)20/h9-10,14-15H,2-8H2,1H3/t14-,15+/m0/s1. The van der Waals surface area contributed by atoms with E-state index < -0.39 is 0 Å². The van der Waals surface area contributed by atoms with Crippen molar-refractivity contribution in [2.45, 2.75) is 51.2 Å². The third-order valence-corrected chi connectivity index (χ3v) is 4.88. The fourth-order valence-electron chi connectivity index (χ4n) is 3.76. The Morgan fingerprint density at radius 3 is 3.22 bits per heavy atom. The van der Waals surface area contributed by atoms with Crippen LogP contribution in [0.25, 0.3) is 11.1 Å². The average Bonchev–Trinajstić information content (AvgIpc) is 3.21. The number of ether oxygens (including phenoxy) is 1. The van der Waals surface area contributed by atoms with Gasteiger partial charge in [0.25, 0.3) is 11.6 Å². The maximum absolute atomic E-state index is 13.0. The minimum atomic E-state index is 0.0447. The zero-order valence-electron chi connectivity index (χ0n) is 13.3. The fraction of sp³-hybridized carbons (Fsp3) is 0.588. The van der Waals surface area contributed by atoms with Gasteiger partial charge >= 0.3 is 0 Å². The van der Waals surface area contributed by atoms with Crippen LogP contribution in [-0.4, -0.2) is 46.2 Å². The van der Waals surface area contributed by atoms with Crippen molar-refractivity contribution < 1.29 is 14.1 Å². The summed E-state index contributed by atoms with van der Waals surface area (Å²) in [4.78, 5) is 19.2. The summed E-state index contributed by atoms with van der Waals surface area (Å²) >= 11 is 0. The van der Waals surface area contributed by atoms with E-state index in [4.69, 9.17) is 9.26 Å². The van der Waals surface area contributed by atoms with Crippen LogP contribution < -0.4 is 0 Å². The number of hydrogen-bond acceptors (Lipinski definition) is 5. The molecule has 1 amide bonds. The van der Waals surface area contributed by atoms with Gasteiger partial charge in [0.15, 0.2) is 0 Å². The average molecular weight is 315 g/mol. The Hall–Kier alpha value is -1.95. The summed E-state index contributed by atoms with van der Waals surface area (Å²) in [6.45, 7) is 3.37. The molecule has 1 aliphatic carbocycles. The SMILES string of the molecule is CCCc1noc2ncc(C(=O)N3CCO[C@@H]4CCC[C@@H]43)cc12. The highest BCUT2D eigenvalue weighted by Crippen LogP contribution is 2.31. The molecule has 122 valence electrons. The zero-order valence-corrected chi connectivity index (χ0v) is 13.3. The van der Waals surface area contributed by atoms with Gasteiger partial charge in [0.2, 0.25) is 0 Å². The van der Waals surface area contributed by atoms with E-state index in [2.05, 4.69) is 17.1 Å². The first-order valence-electron chi connectivity index (χ1n) is 8.45. The lowest BCUT2D eigenvalue weighted by Gasteiger charge is -2.37. The first kappa shape index (κ1) is 14.6. The first-order chi connectivity index (χ1) is 11.3. The van der Waals surface area contributed by atoms with Gasteiger partial charge < -0.3 is 14.2 Å². The van der Waals surface area contributed by atoms with Gasteiger partial charge in [-0.15, -0.1) is 0 Å². The Morgan fingerprint density at radius 1 is 1.43 bits per heavy atom. The van der Waals surface area contributed by atoms with Gasteiger partial charge in [0.05, 0.1) is 35.4 Å². The number of amides is 1. The van der Waals surface area contributed by atoms with Crippen molar-refractivity contribution >= 4 is 17.0 Å². The van der Waals surface area contributed by atoms with E-state index in [1.807, 2.05) is 11.0 Å². The van der Waals surface area contributed by atoms with Gasteiger partial charge in [0, 0.05) is 12.7 Å². The number of fused-ring (bicyclic) bond motifs is 2. The summed E-state index contributed by atoms with van der Waals surface area (Å²) < 4.78 is 11.0. The van der Waals surface area contributed by atoms with Crippen molar-refractivity contribution in [1.82, 2.24) is 15.0 Å². The normalized spacial score (nSPS) is 24.1. The van der Waals surface area contributed by atoms with Crippen LogP contribution in [0.15, 0.2) is 16.8 Å². The largest absolute Gasteiger partial charge is 0.374 e. The molecular formula is C17H21N3O3. The highest BCUT2D eigenvalue weighted by atomic mass is 16.5. The molecule has 0 unspecified atom stereocenters. The van der Waals surface area contributed by atoms with Crippen LogP contribution in [0.4, 0.5) is 0 Å². The molecule has 0 spiro atoms. The van der Waals surface area contributed by atoms with Crippen molar-refractivity contribution in [2.75, 3.05) is 13.2 Å². The second-order valence-electron chi connectivity index (χ2n) is 6.36. The lowest BCUT2D eigenvalue weighted by Crippen LogP contribution is -2.51. The Bertz CT molecular complexity index is 727. The smallest absolute Gasteiger partial charge is 0.257 e. The van der Waals surface area contributed by atoms with Crippen molar-refractivity contribution in [3.8, 4) is 0 Å². The highest BCUT2D eigenvalue weighted by molar-refractivity contribution is 5.97. The summed E-state index contributed by atoms with van der Waals surface area (Å²) in [5.74, 6) is 0.0447. The molecule has 4 rings (SSSR count). The Balaban J connectivity index is 1.65. The quantitative estimate of drug-likeness (QED) is 0.870. The second-order valence-corrected chi connectivity index (χ2v) is 6.36. The molecular weight excluding hydrogens is 294 g/mol. The van der Waals surface area contributed by atoms with Crippen LogP contribution in [0.3, 0.4) is 0 Å². The number of carbonyl (C=O) groups excluding carboxylic acids is 1. The maximum atomic E-state index is 13.0. The number of aromatic nitrogens is 2. The topological polar surface area (TPSA) is 68.5 Å². The van der Waals surface area contributed by atoms with Crippen LogP contribution in [0.2, 0.25) is 0 Å². The molecule has 0 radical (unpaired) electrons. The molecule has 3 heterocycles. The van der Waals surface area contributed by atoms with Gasteiger partial charge in [0.1, 0.15) is 0 Å². The van der Waals surface area contributed by atoms with Crippen molar-refractivity contribution in [3.63, 3.8) is 0 Å². The minimum Gasteiger partial charge on any atom is -0.374 e. The molecule has 2 aromatic rings. The molecule has 1 aliphatic heterocycles. The van der Waals surface area contributed by atoms with Gasteiger partial charge in [-0.3, -0.25) is 4.79 Å².